The number of hydrazone groups is 1. The van der Waals surface area contributed by atoms with Gasteiger partial charge in [0.2, 0.25) is 5.91 Å². The zero-order valence-corrected chi connectivity index (χ0v) is 23.5. The number of carbonyl (C=O) groups is 4. The molecule has 42 heavy (non-hydrogen) atoms. The summed E-state index contributed by atoms with van der Waals surface area (Å²) in [6.45, 7) is 1.47. The van der Waals surface area contributed by atoms with Crippen LogP contribution in [-0.4, -0.2) is 63.9 Å². The second-order valence-electron chi connectivity index (χ2n) is 8.64. The smallest absolute Gasteiger partial charge is 0.338 e. The maximum atomic E-state index is 12.3. The normalized spacial score (nSPS) is 10.5. The second-order valence-corrected chi connectivity index (χ2v) is 8.64. The highest BCUT2D eigenvalue weighted by Crippen LogP contribution is 2.27. The number of rotatable bonds is 14. The summed E-state index contributed by atoms with van der Waals surface area (Å²) in [7, 11) is 3.01. The number of nitrogens with one attached hydrogen (secondary N) is 3. The van der Waals surface area contributed by atoms with E-state index in [1.54, 1.807) is 80.8 Å². The summed E-state index contributed by atoms with van der Waals surface area (Å²) in [4.78, 5) is 48.2. The van der Waals surface area contributed by atoms with Crippen molar-refractivity contribution in [2.75, 3.05) is 39.3 Å². The number of esters is 1. The van der Waals surface area contributed by atoms with Crippen LogP contribution in [0.25, 0.3) is 0 Å². The zero-order chi connectivity index (χ0) is 30.3. The zero-order valence-electron chi connectivity index (χ0n) is 23.5. The van der Waals surface area contributed by atoms with E-state index < -0.39 is 17.8 Å². The summed E-state index contributed by atoms with van der Waals surface area (Å²) in [6, 6.07) is 18.2. The third-order valence-corrected chi connectivity index (χ3v) is 5.60. The molecule has 0 bridgehead atoms. The fraction of sp³-hybridized carbons (Fsp3) is 0.233. The summed E-state index contributed by atoms with van der Waals surface area (Å²) < 4.78 is 21.0. The Morgan fingerprint density at radius 2 is 1.57 bits per heavy atom. The molecular formula is C30H32N4O8. The molecule has 3 rings (SSSR count). The van der Waals surface area contributed by atoms with Crippen LogP contribution in [0.1, 0.15) is 28.4 Å². The van der Waals surface area contributed by atoms with Crippen LogP contribution in [0.15, 0.2) is 71.8 Å². The molecule has 0 aliphatic heterocycles. The Bertz CT molecular complexity index is 1410. The number of carbonyl (C=O) groups excluding carboxylic acids is 4. The summed E-state index contributed by atoms with van der Waals surface area (Å²) in [5.74, 6) is -0.287. The Hall–Kier alpha value is -5.39. The minimum Gasteiger partial charge on any atom is -0.497 e. The van der Waals surface area contributed by atoms with Gasteiger partial charge in [-0.25, -0.2) is 10.2 Å². The van der Waals surface area contributed by atoms with E-state index in [0.717, 1.165) is 5.56 Å². The molecule has 0 saturated heterocycles. The van der Waals surface area contributed by atoms with Gasteiger partial charge in [-0.2, -0.15) is 5.10 Å². The number of methoxy groups -OCH3 is 2. The van der Waals surface area contributed by atoms with Crippen LogP contribution in [0.5, 0.6) is 17.2 Å². The quantitative estimate of drug-likeness (QED) is 0.150. The molecule has 3 amide bonds. The van der Waals surface area contributed by atoms with Gasteiger partial charge in [0.05, 0.1) is 45.6 Å². The first-order valence-electron chi connectivity index (χ1n) is 12.9. The highest BCUT2D eigenvalue weighted by molar-refractivity contribution is 5.94. The largest absolute Gasteiger partial charge is 0.497 e. The highest BCUT2D eigenvalue weighted by Gasteiger charge is 2.11. The van der Waals surface area contributed by atoms with Gasteiger partial charge in [0.15, 0.2) is 18.1 Å². The molecule has 12 nitrogen and oxygen atoms in total. The van der Waals surface area contributed by atoms with Gasteiger partial charge in [-0.05, 0) is 72.6 Å². The summed E-state index contributed by atoms with van der Waals surface area (Å²) in [5, 5.41) is 9.12. The van der Waals surface area contributed by atoms with Gasteiger partial charge in [-0.1, -0.05) is 12.1 Å². The number of hydrogen-bond acceptors (Lipinski definition) is 9. The van der Waals surface area contributed by atoms with Crippen LogP contribution < -0.4 is 30.3 Å². The van der Waals surface area contributed by atoms with Crippen molar-refractivity contribution < 1.29 is 38.1 Å². The van der Waals surface area contributed by atoms with E-state index in [0.29, 0.717) is 34.1 Å². The molecule has 3 aromatic carbocycles. The first-order valence-corrected chi connectivity index (χ1v) is 12.9. The summed E-state index contributed by atoms with van der Waals surface area (Å²) in [5.41, 5.74) is 4.60. The molecule has 3 aromatic rings. The molecule has 0 atom stereocenters. The standard InChI is InChI=1S/C30H32N4O8/c1-4-41-30(38)22-8-10-23(11-9-22)33-29(37)19-42-25-14-7-21(15-26(25)40-3)17-32-34-28(36)18-31-27(35)16-20-5-12-24(39-2)13-6-20/h5-15,17H,4,16,18-19H2,1-3H3,(H,31,35)(H,33,37)(H,34,36). The Morgan fingerprint density at radius 3 is 2.24 bits per heavy atom. The highest BCUT2D eigenvalue weighted by atomic mass is 16.5. The van der Waals surface area contributed by atoms with Gasteiger partial charge in [0.1, 0.15) is 5.75 Å². The van der Waals surface area contributed by atoms with E-state index in [-0.39, 0.29) is 32.1 Å². The number of benzene rings is 3. The van der Waals surface area contributed by atoms with Gasteiger partial charge >= 0.3 is 5.97 Å². The molecule has 220 valence electrons. The molecule has 0 aliphatic carbocycles. The fourth-order valence-corrected chi connectivity index (χ4v) is 3.52. The number of ether oxygens (including phenoxy) is 4. The Kier molecular flexibility index (Phi) is 11.9. The maximum absolute atomic E-state index is 12.3. The molecule has 0 spiro atoms. The van der Waals surface area contributed by atoms with E-state index >= 15 is 0 Å². The van der Waals surface area contributed by atoms with Gasteiger partial charge in [0, 0.05) is 5.69 Å². The minimum absolute atomic E-state index is 0.126. The molecule has 0 fully saturated rings. The monoisotopic (exact) mass is 576 g/mol. The van der Waals surface area contributed by atoms with Crippen molar-refractivity contribution in [2.24, 2.45) is 5.10 Å². The molecule has 3 N–H and O–H groups in total. The van der Waals surface area contributed by atoms with E-state index in [9.17, 15) is 19.2 Å². The second kappa shape index (κ2) is 16.0. The summed E-state index contributed by atoms with van der Waals surface area (Å²) >= 11 is 0. The van der Waals surface area contributed by atoms with Crippen LogP contribution >= 0.6 is 0 Å². The van der Waals surface area contributed by atoms with Gasteiger partial charge in [0.25, 0.3) is 11.8 Å². The molecule has 12 heteroatoms. The van der Waals surface area contributed by atoms with Crippen LogP contribution in [-0.2, 0) is 25.5 Å². The van der Waals surface area contributed by atoms with E-state index in [4.69, 9.17) is 18.9 Å². The number of hydrogen-bond donors (Lipinski definition) is 3. The molecule has 0 saturated carbocycles. The number of nitrogens with zero attached hydrogens (tertiary/aromatic N) is 1. The summed E-state index contributed by atoms with van der Waals surface area (Å²) in [6.07, 6.45) is 1.52. The molecule has 0 radical (unpaired) electrons. The van der Waals surface area contributed by atoms with Crippen LogP contribution in [0.4, 0.5) is 5.69 Å². The van der Waals surface area contributed by atoms with Crippen molar-refractivity contribution >= 4 is 35.6 Å². The van der Waals surface area contributed by atoms with Gasteiger partial charge in [-0.15, -0.1) is 0 Å². The first-order chi connectivity index (χ1) is 20.3. The van der Waals surface area contributed by atoms with E-state index in [1.165, 1.54) is 13.3 Å². The lowest BCUT2D eigenvalue weighted by Crippen LogP contribution is -2.35. The molecule has 0 unspecified atom stereocenters. The molecule has 0 aromatic heterocycles. The Labute approximate surface area is 243 Å². The predicted octanol–water partition coefficient (Wildman–Crippen LogP) is 2.71. The Morgan fingerprint density at radius 1 is 0.833 bits per heavy atom. The van der Waals surface area contributed by atoms with Crippen LogP contribution in [0.2, 0.25) is 0 Å². The van der Waals surface area contributed by atoms with Gasteiger partial charge < -0.3 is 29.6 Å². The van der Waals surface area contributed by atoms with Crippen molar-refractivity contribution in [2.45, 2.75) is 13.3 Å². The van der Waals surface area contributed by atoms with E-state index in [2.05, 4.69) is 21.2 Å². The predicted molar refractivity (Wildman–Crippen MR) is 155 cm³/mol. The third-order valence-electron chi connectivity index (χ3n) is 5.60. The van der Waals surface area contributed by atoms with Crippen molar-refractivity contribution in [1.82, 2.24) is 10.7 Å². The van der Waals surface area contributed by atoms with Gasteiger partial charge in [-0.3, -0.25) is 14.4 Å². The van der Waals surface area contributed by atoms with Crippen molar-refractivity contribution in [3.05, 3.63) is 83.4 Å². The Balaban J connectivity index is 1.43. The van der Waals surface area contributed by atoms with E-state index in [1.807, 2.05) is 0 Å². The first kappa shape index (κ1) is 31.1. The molecule has 0 aliphatic rings. The van der Waals surface area contributed by atoms with Crippen molar-refractivity contribution in [3.63, 3.8) is 0 Å². The topological polar surface area (TPSA) is 154 Å². The average molecular weight is 577 g/mol. The lowest BCUT2D eigenvalue weighted by atomic mass is 10.1. The lowest BCUT2D eigenvalue weighted by molar-refractivity contribution is -0.125. The average Bonchev–Trinajstić information content (AvgIpc) is 3.00. The molecule has 0 heterocycles. The number of anilines is 1. The maximum Gasteiger partial charge on any atom is 0.338 e. The SMILES string of the molecule is CCOC(=O)c1ccc(NC(=O)COc2ccc(C=NNC(=O)CNC(=O)Cc3ccc(OC)cc3)cc2OC)cc1. The fourth-order valence-electron chi connectivity index (χ4n) is 3.52. The van der Waals surface area contributed by atoms with Crippen molar-refractivity contribution in [1.29, 1.82) is 0 Å². The minimum atomic E-state index is -0.497. The molecular weight excluding hydrogens is 544 g/mol. The van der Waals surface area contributed by atoms with Crippen LogP contribution in [0, 0.1) is 0 Å². The lowest BCUT2D eigenvalue weighted by Gasteiger charge is -2.11. The van der Waals surface area contributed by atoms with Crippen molar-refractivity contribution in [3.8, 4) is 17.2 Å². The number of amides is 3. The third kappa shape index (κ3) is 9.97. The van der Waals surface area contributed by atoms with Crippen LogP contribution in [0.3, 0.4) is 0 Å².